The molecule has 0 aromatic heterocycles. The molecule has 13 nitrogen and oxygen atoms in total. The zero-order valence-electron chi connectivity index (χ0n) is 77.3. The van der Waals surface area contributed by atoms with E-state index in [9.17, 15) is 24.0 Å². The summed E-state index contributed by atoms with van der Waals surface area (Å²) < 4.78 is -7.39. The Morgan fingerprint density at radius 1 is 0.184 bits per heavy atom. The topological polar surface area (TPSA) is 222 Å². The van der Waals surface area contributed by atoms with Crippen LogP contribution in [0.25, 0.3) is 0 Å². The van der Waals surface area contributed by atoms with Gasteiger partial charge in [-0.3, -0.25) is 9.59 Å². The third-order valence-electron chi connectivity index (χ3n) is 23.7. The largest absolute Gasteiger partial charge is 1.00 e. The Labute approximate surface area is 797 Å². The molecular formula is C106H109Cl2Ge3KO13. The molecule has 11 aromatic carbocycles. The minimum absolute atomic E-state index is 0. The fourth-order valence-electron chi connectivity index (χ4n) is 19.4. The average Bonchev–Trinajstić information content (AvgIpc) is 0.715. The number of halogens is 2. The number of rotatable bonds is 24. The van der Waals surface area contributed by atoms with Crippen molar-refractivity contribution in [3.63, 3.8) is 0 Å². The molecular weight excluding hydrogens is 1810 g/mol. The van der Waals surface area contributed by atoms with Crippen molar-refractivity contribution in [1.82, 2.24) is 0 Å². The van der Waals surface area contributed by atoms with Crippen LogP contribution in [0.1, 0.15) is 285 Å². The Morgan fingerprint density at radius 2 is 0.296 bits per heavy atom. The van der Waals surface area contributed by atoms with E-state index < -0.39 is 88.3 Å². The number of carbonyl (C=O) groups excluding carboxylic acids is 13. The van der Waals surface area contributed by atoms with Crippen molar-refractivity contribution in [2.45, 2.75) is 187 Å². The maximum absolute atomic E-state index is 16.4. The molecule has 638 valence electrons. The van der Waals surface area contributed by atoms with Gasteiger partial charge in [-0.2, -0.15) is 0 Å². The summed E-state index contributed by atoms with van der Waals surface area (Å²) in [4.78, 5) is 194. The van der Waals surface area contributed by atoms with Crippen LogP contribution in [0, 0.1) is 187 Å². The van der Waals surface area contributed by atoms with Crippen LogP contribution in [0.5, 0.6) is 0 Å². The molecule has 11 rings (SSSR count). The van der Waals surface area contributed by atoms with Gasteiger partial charge in [0, 0.05) is 11.1 Å². The summed E-state index contributed by atoms with van der Waals surface area (Å²) >= 11 is -6.69. The van der Waals surface area contributed by atoms with Gasteiger partial charge in [0.2, 0.25) is 0 Å². The molecule has 0 spiro atoms. The van der Waals surface area contributed by atoms with Gasteiger partial charge in [-0.05, 0) is 47.5 Å². The molecule has 0 aliphatic carbocycles. The fourth-order valence-corrected chi connectivity index (χ4v) is 44.6. The first kappa shape index (κ1) is 101. The minimum Gasteiger partial charge on any atom is -0.276 e. The first-order valence-corrected chi connectivity index (χ1v) is 55.0. The van der Waals surface area contributed by atoms with E-state index in [2.05, 4.69) is 0 Å². The van der Waals surface area contributed by atoms with Crippen molar-refractivity contribution < 1.29 is 114 Å². The van der Waals surface area contributed by atoms with E-state index in [1.807, 2.05) is 140 Å². The number of hydrogen-bond acceptors (Lipinski definition) is 13. The Hall–Kier alpha value is -9.03. The standard InChI is InChI=1S/C68H70Ge2O8.C30H35GeO3.C8H4Cl2O2.K/c1-35-23-41(7)55(42(8)24-35)63(73)69(64(74)56-43(9)25-36(2)26-44(56)10,65(75)57-45(11)27-37(3)28-46(57)12)61(71)53-19-21-54(22-20-53)62(72)70(66(76)58-47(13)29-38(4)30-48(58)14,67(77)59-49(15)31-39(5)32-50(59)16)68(78)60-51(17)33-40(6)34-52(60)18;1-16-10-19(4)25(20(5)11-16)28(32)31(29(33)26-21(6)12-17(2)13-22(26)7)30(34)27-23(8)14-18(3)15-24(27)9;9-7(11)5-1-2-6(4-3-5)8(10)12;/h19-34H,1-18H3;10-15H,31H2,1-9H3;1-4H;/q;-1;;+1. The van der Waals surface area contributed by atoms with E-state index >= 15 is 38.4 Å². The van der Waals surface area contributed by atoms with E-state index in [1.54, 1.807) is 156 Å². The molecule has 0 amide bonds. The molecule has 0 radical (unpaired) electrons. The summed E-state index contributed by atoms with van der Waals surface area (Å²) in [5.74, 6) is 0. The molecule has 19 heteroatoms. The SMILES string of the molecule is Cc1cc(C)c([C](=O)[GeH2-]([C](=O)c2c(C)cc(C)cc2C)[C](=O)c2c(C)cc(C)cc2C)c(C)c1.Cc1cc(C)c([C](=O)[Ge]([C](=O)c2ccc([C](=O)[Ge]([C](=O)c3c(C)cc(C)cc3C)([C](=O)c3c(C)cc(C)cc3C)[C](=O)c3c(C)cc(C)cc3C)cc2)([C](=O)c2c(C)cc(C)cc2C)[C](=O)c2c(C)cc(C)cc2C)c(C)c1.O=C(Cl)c1ccc(C(=O)Cl)cc1.[K+]. The van der Waals surface area contributed by atoms with Crippen LogP contribution in [0.15, 0.2) is 158 Å². The van der Waals surface area contributed by atoms with Crippen molar-refractivity contribution in [3.8, 4) is 0 Å². The normalized spacial score (nSPS) is 11.3. The molecule has 11 aromatic rings. The van der Waals surface area contributed by atoms with Gasteiger partial charge in [0.1, 0.15) is 0 Å². The second-order valence-corrected chi connectivity index (χ2v) is 55.5. The molecule has 0 bridgehead atoms. The minimum atomic E-state index is -6.39. The fraction of sp³-hybridized carbons (Fsp3) is 0.255. The summed E-state index contributed by atoms with van der Waals surface area (Å²) in [5.41, 5.74) is 22.2. The Bertz CT molecular complexity index is 5450. The van der Waals surface area contributed by atoms with Crippen LogP contribution < -0.4 is 51.4 Å². The van der Waals surface area contributed by atoms with Crippen LogP contribution in [0.2, 0.25) is 0 Å². The second kappa shape index (κ2) is 41.0. The van der Waals surface area contributed by atoms with Gasteiger partial charge in [-0.15, -0.1) is 0 Å². The molecule has 0 aliphatic rings. The first-order chi connectivity index (χ1) is 57.9. The van der Waals surface area contributed by atoms with Gasteiger partial charge in [-0.25, -0.2) is 0 Å². The van der Waals surface area contributed by atoms with Crippen molar-refractivity contribution >= 4 is 125 Å². The zero-order chi connectivity index (χ0) is 92.6. The maximum atomic E-state index is 16.4. The molecule has 0 unspecified atom stereocenters. The van der Waals surface area contributed by atoms with Crippen LogP contribution in [0.4, 0.5) is 0 Å². The second-order valence-electron chi connectivity index (χ2n) is 34.6. The Kier molecular flexibility index (Phi) is 33.2. The van der Waals surface area contributed by atoms with E-state index in [4.69, 9.17) is 23.2 Å². The third-order valence-corrected chi connectivity index (χ3v) is 46.2. The number of carbonyl (C=O) groups is 13. The van der Waals surface area contributed by atoms with Crippen LogP contribution >= 0.6 is 23.2 Å². The van der Waals surface area contributed by atoms with Crippen LogP contribution in [-0.4, -0.2) is 102 Å². The molecule has 0 saturated carbocycles. The van der Waals surface area contributed by atoms with Crippen molar-refractivity contribution in [2.24, 2.45) is 0 Å². The molecule has 0 aliphatic heterocycles. The van der Waals surface area contributed by atoms with Gasteiger partial charge in [0.15, 0.2) is 0 Å². The summed E-state index contributed by atoms with van der Waals surface area (Å²) in [6.07, 6.45) is 0. The summed E-state index contributed by atoms with van der Waals surface area (Å²) in [6.45, 7) is 49.5. The summed E-state index contributed by atoms with van der Waals surface area (Å²) in [5, 5.41) is -1.10. The quantitative estimate of drug-likeness (QED) is 0.0406. The predicted molar refractivity (Wildman–Crippen MR) is 507 cm³/mol. The van der Waals surface area contributed by atoms with E-state index in [1.165, 1.54) is 48.5 Å². The van der Waals surface area contributed by atoms with E-state index in [0.29, 0.717) is 94.6 Å². The van der Waals surface area contributed by atoms with Crippen LogP contribution in [0.3, 0.4) is 0 Å². The van der Waals surface area contributed by atoms with Crippen molar-refractivity contribution in [2.75, 3.05) is 0 Å². The number of benzene rings is 11. The molecule has 0 fully saturated rings. The van der Waals surface area contributed by atoms with Gasteiger partial charge in [0.25, 0.3) is 10.5 Å². The molecule has 0 N–H and O–H groups in total. The number of hydrogen-bond donors (Lipinski definition) is 0. The summed E-state index contributed by atoms with van der Waals surface area (Å²) in [7, 11) is 0. The molecule has 125 heavy (non-hydrogen) atoms. The van der Waals surface area contributed by atoms with Gasteiger partial charge in [-0.1, -0.05) is 0 Å². The van der Waals surface area contributed by atoms with Gasteiger partial charge < -0.3 is 0 Å². The van der Waals surface area contributed by atoms with Crippen LogP contribution in [-0.2, 0) is 0 Å². The predicted octanol–water partition coefficient (Wildman–Crippen LogP) is 19.5. The smallest absolute Gasteiger partial charge is 0.276 e. The number of aryl methyl sites for hydroxylation is 27. The van der Waals surface area contributed by atoms with Crippen molar-refractivity contribution in [3.05, 3.63) is 380 Å². The zero-order valence-corrected chi connectivity index (χ0v) is 89.1. The van der Waals surface area contributed by atoms with E-state index in [-0.39, 0.29) is 110 Å². The summed E-state index contributed by atoms with van der Waals surface area (Å²) in [6, 6.07) is 44.4. The van der Waals surface area contributed by atoms with E-state index in [0.717, 1.165) is 83.5 Å². The molecule has 0 heterocycles. The third kappa shape index (κ3) is 20.6. The maximum Gasteiger partial charge on any atom is 1.00 e. The average molecular weight is 1920 g/mol. The molecule has 0 saturated heterocycles. The molecule has 0 atom stereocenters. The van der Waals surface area contributed by atoms with Gasteiger partial charge in [0.05, 0.1) is 0 Å². The Balaban J connectivity index is 0.000000336. The monoisotopic (exact) mass is 1920 g/mol. The van der Waals surface area contributed by atoms with Crippen molar-refractivity contribution in [1.29, 1.82) is 0 Å². The van der Waals surface area contributed by atoms with Gasteiger partial charge >= 0.3 is 728 Å². The Morgan fingerprint density at radius 3 is 0.416 bits per heavy atom. The first-order valence-electron chi connectivity index (χ1n) is 41.4.